The number of carbonyl (C=O) groups excluding carboxylic acids is 3. The van der Waals surface area contributed by atoms with Gasteiger partial charge < -0.3 is 19.9 Å². The molecule has 2 N–H and O–H groups in total. The van der Waals surface area contributed by atoms with Crippen molar-refractivity contribution in [2.75, 3.05) is 23.4 Å². The molecule has 3 heterocycles. The summed E-state index contributed by atoms with van der Waals surface area (Å²) in [5.41, 5.74) is 2.51. The SMILES string of the molecule is C=CC(=O)N1c2cc(NC(=O)c3ccc4cc5n(c4c3)C3(CCC3)CNC5=O)ccc2OCC1(C)C. The molecule has 8 nitrogen and oxygen atoms in total. The smallest absolute Gasteiger partial charge is 0.268 e. The van der Waals surface area contributed by atoms with Crippen molar-refractivity contribution in [3.8, 4) is 5.75 Å². The molecule has 2 aliphatic heterocycles. The van der Waals surface area contributed by atoms with Crippen molar-refractivity contribution in [2.24, 2.45) is 0 Å². The fourth-order valence-electron chi connectivity index (χ4n) is 5.67. The van der Waals surface area contributed by atoms with Gasteiger partial charge in [-0.2, -0.15) is 0 Å². The van der Waals surface area contributed by atoms with Gasteiger partial charge in [0.05, 0.1) is 22.3 Å². The van der Waals surface area contributed by atoms with Gasteiger partial charge in [-0.3, -0.25) is 19.3 Å². The number of fused-ring (bicyclic) bond motifs is 5. The molecule has 1 aromatic heterocycles. The van der Waals surface area contributed by atoms with Crippen LogP contribution < -0.4 is 20.3 Å². The van der Waals surface area contributed by atoms with Gasteiger partial charge in [0.2, 0.25) is 0 Å². The number of hydrogen-bond donors (Lipinski definition) is 2. The number of hydrogen-bond acceptors (Lipinski definition) is 4. The highest BCUT2D eigenvalue weighted by Crippen LogP contribution is 2.44. The lowest BCUT2D eigenvalue weighted by Crippen LogP contribution is -2.55. The van der Waals surface area contributed by atoms with E-state index in [1.54, 1.807) is 29.2 Å². The number of ether oxygens (including phenoxy) is 1. The molecule has 3 aromatic rings. The van der Waals surface area contributed by atoms with Crippen LogP contribution in [0.1, 0.15) is 54.0 Å². The predicted molar refractivity (Wildman–Crippen MR) is 138 cm³/mol. The zero-order valence-corrected chi connectivity index (χ0v) is 20.4. The van der Waals surface area contributed by atoms with E-state index in [2.05, 4.69) is 21.8 Å². The van der Waals surface area contributed by atoms with Gasteiger partial charge in [0.25, 0.3) is 17.7 Å². The number of amides is 3. The van der Waals surface area contributed by atoms with Crippen LogP contribution in [0.2, 0.25) is 0 Å². The van der Waals surface area contributed by atoms with E-state index in [0.29, 0.717) is 41.5 Å². The molecule has 0 radical (unpaired) electrons. The first-order valence-corrected chi connectivity index (χ1v) is 12.2. The third-order valence-electron chi connectivity index (χ3n) is 7.67. The average molecular weight is 485 g/mol. The van der Waals surface area contributed by atoms with Gasteiger partial charge in [0.1, 0.15) is 18.1 Å². The van der Waals surface area contributed by atoms with Crippen LogP contribution in [-0.4, -0.2) is 41.0 Å². The first-order valence-electron chi connectivity index (χ1n) is 12.2. The maximum Gasteiger partial charge on any atom is 0.268 e. The summed E-state index contributed by atoms with van der Waals surface area (Å²) < 4.78 is 8.01. The molecule has 6 rings (SSSR count). The lowest BCUT2D eigenvalue weighted by Gasteiger charge is -2.47. The molecule has 3 amide bonds. The predicted octanol–water partition coefficient (Wildman–Crippen LogP) is 4.21. The summed E-state index contributed by atoms with van der Waals surface area (Å²) in [7, 11) is 0. The molecule has 1 spiro atoms. The maximum atomic E-state index is 13.3. The number of nitrogens with zero attached hydrogens (tertiary/aromatic N) is 2. The normalized spacial score (nSPS) is 18.9. The summed E-state index contributed by atoms with van der Waals surface area (Å²) in [6.07, 6.45) is 4.42. The molecule has 0 bridgehead atoms. The van der Waals surface area contributed by atoms with Crippen molar-refractivity contribution >= 4 is 40.0 Å². The molecule has 36 heavy (non-hydrogen) atoms. The van der Waals surface area contributed by atoms with Crippen molar-refractivity contribution in [2.45, 2.75) is 44.2 Å². The van der Waals surface area contributed by atoms with Gasteiger partial charge in [0.15, 0.2) is 0 Å². The molecule has 2 aromatic carbocycles. The monoisotopic (exact) mass is 484 g/mol. The van der Waals surface area contributed by atoms with Gasteiger partial charge in [-0.25, -0.2) is 0 Å². The van der Waals surface area contributed by atoms with Crippen molar-refractivity contribution < 1.29 is 19.1 Å². The standard InChI is InChI=1S/C28H28N4O4/c1-4-24(33)32-21-14-19(8-9-23(21)36-16-27(32,2)3)30-25(34)18-7-6-17-12-22-26(35)29-15-28(10-5-11-28)31(22)20(17)13-18/h4,6-9,12-14H,1,5,10-11,15-16H2,2-3H3,(H,29,35)(H,30,34). The van der Waals surface area contributed by atoms with Gasteiger partial charge >= 0.3 is 0 Å². The fourth-order valence-corrected chi connectivity index (χ4v) is 5.67. The minimum absolute atomic E-state index is 0.0763. The molecule has 3 aliphatic rings. The molecular formula is C28H28N4O4. The van der Waals surface area contributed by atoms with Crippen LogP contribution in [-0.2, 0) is 10.3 Å². The number of anilines is 2. The van der Waals surface area contributed by atoms with Gasteiger partial charge in [-0.1, -0.05) is 12.6 Å². The lowest BCUT2D eigenvalue weighted by atomic mass is 9.75. The average Bonchev–Trinajstić information content (AvgIpc) is 3.22. The minimum Gasteiger partial charge on any atom is -0.489 e. The molecule has 1 saturated carbocycles. The van der Waals surface area contributed by atoms with Gasteiger partial charge in [-0.15, -0.1) is 0 Å². The van der Waals surface area contributed by atoms with E-state index in [9.17, 15) is 14.4 Å². The number of aromatic nitrogens is 1. The second-order valence-corrected chi connectivity index (χ2v) is 10.5. The van der Waals surface area contributed by atoms with Crippen LogP contribution in [0.25, 0.3) is 10.9 Å². The third-order valence-corrected chi connectivity index (χ3v) is 7.67. The van der Waals surface area contributed by atoms with E-state index in [1.807, 2.05) is 32.0 Å². The zero-order chi connectivity index (χ0) is 25.2. The molecular weight excluding hydrogens is 456 g/mol. The number of rotatable bonds is 3. The molecule has 1 fully saturated rings. The summed E-state index contributed by atoms with van der Waals surface area (Å²) in [6, 6.07) is 12.7. The topological polar surface area (TPSA) is 92.7 Å². The van der Waals surface area contributed by atoms with Crippen LogP contribution >= 0.6 is 0 Å². The Morgan fingerprint density at radius 3 is 2.67 bits per heavy atom. The second-order valence-electron chi connectivity index (χ2n) is 10.5. The van der Waals surface area contributed by atoms with E-state index in [1.165, 1.54) is 6.08 Å². The first kappa shape index (κ1) is 22.4. The number of nitrogens with one attached hydrogen (secondary N) is 2. The van der Waals surface area contributed by atoms with Crippen molar-refractivity contribution in [3.05, 3.63) is 66.4 Å². The van der Waals surface area contributed by atoms with Crippen LogP contribution in [0.15, 0.2) is 55.1 Å². The number of benzene rings is 2. The minimum atomic E-state index is -0.566. The summed E-state index contributed by atoms with van der Waals surface area (Å²) in [4.78, 5) is 40.1. The van der Waals surface area contributed by atoms with Crippen LogP contribution in [0.4, 0.5) is 11.4 Å². The summed E-state index contributed by atoms with van der Waals surface area (Å²) in [5.74, 6) is -0.00117. The molecule has 0 unspecified atom stereocenters. The Morgan fingerprint density at radius 1 is 1.14 bits per heavy atom. The summed E-state index contributed by atoms with van der Waals surface area (Å²) in [5, 5.41) is 6.93. The Hall–Kier alpha value is -4.07. The van der Waals surface area contributed by atoms with E-state index >= 15 is 0 Å². The van der Waals surface area contributed by atoms with E-state index in [-0.39, 0.29) is 23.3 Å². The van der Waals surface area contributed by atoms with Crippen molar-refractivity contribution in [3.63, 3.8) is 0 Å². The number of carbonyl (C=O) groups is 3. The van der Waals surface area contributed by atoms with E-state index in [0.717, 1.165) is 30.2 Å². The van der Waals surface area contributed by atoms with E-state index < -0.39 is 5.54 Å². The third kappa shape index (κ3) is 3.24. The van der Waals surface area contributed by atoms with Gasteiger partial charge in [-0.05, 0) is 75.6 Å². The zero-order valence-electron chi connectivity index (χ0n) is 20.4. The molecule has 0 atom stereocenters. The van der Waals surface area contributed by atoms with Crippen LogP contribution in [0, 0.1) is 0 Å². The quantitative estimate of drug-likeness (QED) is 0.545. The highest BCUT2D eigenvalue weighted by Gasteiger charge is 2.44. The highest BCUT2D eigenvalue weighted by atomic mass is 16.5. The van der Waals surface area contributed by atoms with Crippen molar-refractivity contribution in [1.82, 2.24) is 9.88 Å². The summed E-state index contributed by atoms with van der Waals surface area (Å²) >= 11 is 0. The largest absolute Gasteiger partial charge is 0.489 e. The Kier molecular flexibility index (Phi) is 4.80. The highest BCUT2D eigenvalue weighted by molar-refractivity contribution is 6.09. The molecule has 184 valence electrons. The molecule has 8 heteroatoms. The Morgan fingerprint density at radius 2 is 1.94 bits per heavy atom. The van der Waals surface area contributed by atoms with Crippen molar-refractivity contribution in [1.29, 1.82) is 0 Å². The Balaban J connectivity index is 1.34. The Labute approximate surface area is 208 Å². The van der Waals surface area contributed by atoms with Gasteiger partial charge in [0, 0.05) is 23.2 Å². The van der Waals surface area contributed by atoms with Crippen LogP contribution in [0.5, 0.6) is 5.75 Å². The fraction of sp³-hybridized carbons (Fsp3) is 0.321. The second kappa shape index (κ2) is 7.71. The maximum absolute atomic E-state index is 13.3. The first-order chi connectivity index (χ1) is 17.2. The summed E-state index contributed by atoms with van der Waals surface area (Å²) in [6.45, 7) is 8.45. The molecule has 0 saturated heterocycles. The molecule has 1 aliphatic carbocycles. The van der Waals surface area contributed by atoms with E-state index in [4.69, 9.17) is 4.74 Å². The lowest BCUT2D eigenvalue weighted by molar-refractivity contribution is -0.115. The Bertz CT molecular complexity index is 1460. The van der Waals surface area contributed by atoms with Crippen LogP contribution in [0.3, 0.4) is 0 Å².